The number of pyridine rings is 1. The van der Waals surface area contributed by atoms with Crippen LogP contribution < -0.4 is 0 Å². The first kappa shape index (κ1) is 13.3. The van der Waals surface area contributed by atoms with Gasteiger partial charge in [-0.05, 0) is 18.6 Å². The Kier molecular flexibility index (Phi) is 3.39. The molecule has 108 valence electrons. The van der Waals surface area contributed by atoms with Crippen LogP contribution >= 0.6 is 0 Å². The van der Waals surface area contributed by atoms with Gasteiger partial charge < -0.3 is 10.0 Å². The van der Waals surface area contributed by atoms with E-state index >= 15 is 0 Å². The van der Waals surface area contributed by atoms with Gasteiger partial charge in [-0.3, -0.25) is 14.2 Å². The van der Waals surface area contributed by atoms with Crippen molar-refractivity contribution in [2.75, 3.05) is 13.1 Å². The van der Waals surface area contributed by atoms with Gasteiger partial charge in [-0.2, -0.15) is 0 Å². The molecule has 0 aromatic carbocycles. The number of amides is 1. The van der Waals surface area contributed by atoms with Gasteiger partial charge in [-0.25, -0.2) is 9.97 Å². The number of hydrogen-bond acceptors (Lipinski definition) is 4. The summed E-state index contributed by atoms with van der Waals surface area (Å²) in [6.45, 7) is 0.732. The monoisotopic (exact) mass is 286 g/mol. The van der Waals surface area contributed by atoms with Crippen LogP contribution in [0.4, 0.5) is 0 Å². The van der Waals surface area contributed by atoms with E-state index in [9.17, 15) is 9.59 Å². The average Bonchev–Trinajstić information content (AvgIpc) is 3.18. The van der Waals surface area contributed by atoms with Gasteiger partial charge >= 0.3 is 5.97 Å². The maximum atomic E-state index is 12.4. The molecule has 1 aliphatic rings. The standard InChI is InChI=1S/C14H14N4O3/c19-13(17-5-2-11(8-17)14(20)21)10-1-3-16-12(7-10)18-6-4-15-9-18/h1,3-4,6-7,9,11H,2,5,8H2,(H,20,21)/t11-/m0/s1. The molecule has 0 bridgehead atoms. The van der Waals surface area contributed by atoms with Gasteiger partial charge in [0.2, 0.25) is 0 Å². The van der Waals surface area contributed by atoms with Crippen LogP contribution in [0, 0.1) is 5.92 Å². The number of carboxylic acid groups (broad SMARTS) is 1. The lowest BCUT2D eigenvalue weighted by Crippen LogP contribution is -2.30. The van der Waals surface area contributed by atoms with Crippen LogP contribution in [0.3, 0.4) is 0 Å². The van der Waals surface area contributed by atoms with Crippen molar-refractivity contribution in [1.29, 1.82) is 0 Å². The molecule has 0 radical (unpaired) electrons. The van der Waals surface area contributed by atoms with Gasteiger partial charge in [-0.1, -0.05) is 0 Å². The molecular formula is C14H14N4O3. The Balaban J connectivity index is 1.80. The summed E-state index contributed by atoms with van der Waals surface area (Å²) >= 11 is 0. The van der Waals surface area contributed by atoms with Crippen molar-refractivity contribution in [2.45, 2.75) is 6.42 Å². The quantitative estimate of drug-likeness (QED) is 0.902. The minimum atomic E-state index is -0.848. The molecule has 0 saturated carbocycles. The third-order valence-corrected chi connectivity index (χ3v) is 3.59. The Morgan fingerprint density at radius 3 is 2.86 bits per heavy atom. The topological polar surface area (TPSA) is 88.3 Å². The summed E-state index contributed by atoms with van der Waals surface area (Å²) in [7, 11) is 0. The zero-order valence-corrected chi connectivity index (χ0v) is 11.2. The van der Waals surface area contributed by atoms with Crippen LogP contribution in [0.5, 0.6) is 0 Å². The van der Waals surface area contributed by atoms with Crippen LogP contribution in [0.15, 0.2) is 37.1 Å². The molecule has 1 saturated heterocycles. The summed E-state index contributed by atoms with van der Waals surface area (Å²) in [5.74, 6) is -0.877. The van der Waals surface area contributed by atoms with E-state index in [-0.39, 0.29) is 12.5 Å². The van der Waals surface area contributed by atoms with Gasteiger partial charge in [0, 0.05) is 37.2 Å². The minimum Gasteiger partial charge on any atom is -0.481 e. The molecule has 0 aliphatic carbocycles. The first-order chi connectivity index (χ1) is 10.1. The molecule has 2 aromatic rings. The molecule has 7 heteroatoms. The highest BCUT2D eigenvalue weighted by Gasteiger charge is 2.31. The highest BCUT2D eigenvalue weighted by atomic mass is 16.4. The number of hydrogen-bond donors (Lipinski definition) is 1. The second-order valence-corrected chi connectivity index (χ2v) is 4.95. The fourth-order valence-corrected chi connectivity index (χ4v) is 2.42. The predicted molar refractivity (Wildman–Crippen MR) is 73.0 cm³/mol. The Bertz CT molecular complexity index is 669. The second kappa shape index (κ2) is 5.35. The normalized spacial score (nSPS) is 17.9. The number of rotatable bonds is 3. The average molecular weight is 286 g/mol. The molecule has 1 aliphatic heterocycles. The zero-order valence-electron chi connectivity index (χ0n) is 11.2. The largest absolute Gasteiger partial charge is 0.481 e. The Morgan fingerprint density at radius 1 is 1.33 bits per heavy atom. The number of nitrogens with zero attached hydrogens (tertiary/aromatic N) is 4. The number of likely N-dealkylation sites (tertiary alicyclic amines) is 1. The smallest absolute Gasteiger partial charge is 0.308 e. The number of imidazole rings is 1. The van der Waals surface area contributed by atoms with E-state index in [0.29, 0.717) is 24.3 Å². The molecule has 2 aromatic heterocycles. The first-order valence-corrected chi connectivity index (χ1v) is 6.61. The van der Waals surface area contributed by atoms with Gasteiger partial charge in [0.15, 0.2) is 0 Å². The zero-order chi connectivity index (χ0) is 14.8. The van der Waals surface area contributed by atoms with Gasteiger partial charge in [0.25, 0.3) is 5.91 Å². The van der Waals surface area contributed by atoms with Crippen LogP contribution in [0.2, 0.25) is 0 Å². The molecule has 21 heavy (non-hydrogen) atoms. The van der Waals surface area contributed by atoms with Gasteiger partial charge in [-0.15, -0.1) is 0 Å². The molecule has 3 heterocycles. The summed E-state index contributed by atoms with van der Waals surface area (Å²) in [5.41, 5.74) is 0.500. The lowest BCUT2D eigenvalue weighted by molar-refractivity contribution is -0.141. The maximum Gasteiger partial charge on any atom is 0.308 e. The van der Waals surface area contributed by atoms with Crippen LogP contribution in [0.25, 0.3) is 5.82 Å². The van der Waals surface area contributed by atoms with Crippen molar-refractivity contribution in [2.24, 2.45) is 5.92 Å². The number of aliphatic carboxylic acids is 1. The molecule has 3 rings (SSSR count). The van der Waals surface area contributed by atoms with Crippen molar-refractivity contribution >= 4 is 11.9 Å². The molecular weight excluding hydrogens is 272 g/mol. The highest BCUT2D eigenvalue weighted by molar-refractivity contribution is 5.95. The van der Waals surface area contributed by atoms with Crippen molar-refractivity contribution in [3.63, 3.8) is 0 Å². The Hall–Kier alpha value is -2.70. The summed E-state index contributed by atoms with van der Waals surface area (Å²) in [5, 5.41) is 8.99. The van der Waals surface area contributed by atoms with Gasteiger partial charge in [0.1, 0.15) is 12.1 Å². The molecule has 1 amide bonds. The summed E-state index contributed by atoms with van der Waals surface area (Å²) < 4.78 is 1.71. The Morgan fingerprint density at radius 2 is 2.19 bits per heavy atom. The Labute approximate surface area is 120 Å². The third kappa shape index (κ3) is 2.62. The third-order valence-electron chi connectivity index (χ3n) is 3.59. The van der Waals surface area contributed by atoms with E-state index in [0.717, 1.165) is 0 Å². The van der Waals surface area contributed by atoms with E-state index in [4.69, 9.17) is 5.11 Å². The second-order valence-electron chi connectivity index (χ2n) is 4.95. The lowest BCUT2D eigenvalue weighted by Gasteiger charge is -2.16. The molecule has 1 N–H and O–H groups in total. The summed E-state index contributed by atoms with van der Waals surface area (Å²) in [6.07, 6.45) is 7.04. The number of carbonyl (C=O) groups is 2. The fraction of sp³-hybridized carbons (Fsp3) is 0.286. The van der Waals surface area contributed by atoms with E-state index in [1.807, 2.05) is 0 Å². The molecule has 0 unspecified atom stereocenters. The first-order valence-electron chi connectivity index (χ1n) is 6.61. The minimum absolute atomic E-state index is 0.164. The molecule has 0 spiro atoms. The van der Waals surface area contributed by atoms with E-state index < -0.39 is 11.9 Å². The van der Waals surface area contributed by atoms with Crippen LogP contribution in [-0.2, 0) is 4.79 Å². The van der Waals surface area contributed by atoms with E-state index in [1.165, 1.54) is 0 Å². The van der Waals surface area contributed by atoms with Crippen molar-refractivity contribution in [1.82, 2.24) is 19.4 Å². The molecule has 7 nitrogen and oxygen atoms in total. The highest BCUT2D eigenvalue weighted by Crippen LogP contribution is 2.19. The van der Waals surface area contributed by atoms with E-state index in [1.54, 1.807) is 46.5 Å². The molecule has 1 fully saturated rings. The number of carbonyl (C=O) groups excluding carboxylic acids is 1. The number of carboxylic acids is 1. The van der Waals surface area contributed by atoms with Crippen molar-refractivity contribution in [3.8, 4) is 5.82 Å². The lowest BCUT2D eigenvalue weighted by atomic mass is 10.1. The maximum absolute atomic E-state index is 12.4. The van der Waals surface area contributed by atoms with Gasteiger partial charge in [0.05, 0.1) is 5.92 Å². The predicted octanol–water partition coefficient (Wildman–Crippen LogP) is 0.814. The van der Waals surface area contributed by atoms with Crippen LogP contribution in [-0.4, -0.2) is 49.5 Å². The SMILES string of the molecule is O=C(O)[C@H]1CCN(C(=O)c2ccnc(-n3ccnc3)c2)C1. The van der Waals surface area contributed by atoms with Crippen LogP contribution in [0.1, 0.15) is 16.8 Å². The summed E-state index contributed by atoms with van der Waals surface area (Å²) in [6, 6.07) is 3.31. The fourth-order valence-electron chi connectivity index (χ4n) is 2.42. The van der Waals surface area contributed by atoms with Crippen molar-refractivity contribution in [3.05, 3.63) is 42.6 Å². The molecule has 1 atom stereocenters. The summed E-state index contributed by atoms with van der Waals surface area (Å²) in [4.78, 5) is 33.1. The van der Waals surface area contributed by atoms with E-state index in [2.05, 4.69) is 9.97 Å². The number of aromatic nitrogens is 3. The van der Waals surface area contributed by atoms with Crippen molar-refractivity contribution < 1.29 is 14.7 Å².